The molecule has 13 heavy (non-hydrogen) atoms. The van der Waals surface area contributed by atoms with Crippen LogP contribution in [0.3, 0.4) is 0 Å². The molecule has 0 atom stereocenters. The molecule has 0 aromatic heterocycles. The van der Waals surface area contributed by atoms with Gasteiger partial charge in [-0.05, 0) is 29.7 Å². The number of aromatic hydroxyl groups is 1. The van der Waals surface area contributed by atoms with Crippen LogP contribution >= 0.6 is 12.6 Å². The third-order valence-corrected chi connectivity index (χ3v) is 2.20. The number of fused-ring (bicyclic) bond motifs is 1. The van der Waals surface area contributed by atoms with Gasteiger partial charge < -0.3 is 10.8 Å². The predicted molar refractivity (Wildman–Crippen MR) is 57.3 cm³/mol. The second kappa shape index (κ2) is 2.85. The Morgan fingerprint density at radius 1 is 1.15 bits per heavy atom. The summed E-state index contributed by atoms with van der Waals surface area (Å²) in [5.74, 6) is 0.217. The standard InChI is InChI=1S/C10H9NOS/c11-7-2-1-6-3-8(13)5-10(12)9(6)4-7/h1-5,12-13H,11H2. The third-order valence-electron chi connectivity index (χ3n) is 1.94. The molecule has 0 saturated heterocycles. The Balaban J connectivity index is 2.87. The number of phenolic OH excluding ortho intramolecular Hbond substituents is 1. The summed E-state index contributed by atoms with van der Waals surface area (Å²) in [7, 11) is 0. The Hall–Kier alpha value is -1.35. The molecule has 2 aromatic rings. The van der Waals surface area contributed by atoms with Crippen molar-refractivity contribution in [2.24, 2.45) is 0 Å². The SMILES string of the molecule is Nc1ccc2cc(S)cc(O)c2c1. The molecule has 0 spiro atoms. The van der Waals surface area contributed by atoms with E-state index in [4.69, 9.17) is 5.73 Å². The van der Waals surface area contributed by atoms with E-state index in [1.807, 2.05) is 12.1 Å². The molecule has 0 unspecified atom stereocenters. The maximum absolute atomic E-state index is 9.57. The number of anilines is 1. The van der Waals surface area contributed by atoms with Crippen LogP contribution in [0.25, 0.3) is 10.8 Å². The topological polar surface area (TPSA) is 46.2 Å². The van der Waals surface area contributed by atoms with E-state index in [9.17, 15) is 5.11 Å². The zero-order valence-electron chi connectivity index (χ0n) is 6.86. The molecule has 0 radical (unpaired) electrons. The molecular formula is C10H9NOS. The lowest BCUT2D eigenvalue weighted by molar-refractivity contribution is 0.480. The Bertz CT molecular complexity index is 468. The minimum Gasteiger partial charge on any atom is -0.507 e. The highest BCUT2D eigenvalue weighted by atomic mass is 32.1. The van der Waals surface area contributed by atoms with E-state index in [0.29, 0.717) is 5.69 Å². The van der Waals surface area contributed by atoms with Crippen molar-refractivity contribution in [1.29, 1.82) is 0 Å². The molecule has 0 fully saturated rings. The molecule has 0 bridgehead atoms. The van der Waals surface area contributed by atoms with Gasteiger partial charge in [-0.3, -0.25) is 0 Å². The van der Waals surface area contributed by atoms with Crippen molar-refractivity contribution in [3.05, 3.63) is 30.3 Å². The van der Waals surface area contributed by atoms with Crippen LogP contribution in [-0.4, -0.2) is 5.11 Å². The number of nitrogens with two attached hydrogens (primary N) is 1. The van der Waals surface area contributed by atoms with Gasteiger partial charge in [-0.1, -0.05) is 6.07 Å². The molecule has 2 rings (SSSR count). The van der Waals surface area contributed by atoms with Crippen LogP contribution in [0.1, 0.15) is 0 Å². The maximum atomic E-state index is 9.57. The first-order valence-corrected chi connectivity index (χ1v) is 4.33. The first-order valence-electron chi connectivity index (χ1n) is 3.88. The van der Waals surface area contributed by atoms with E-state index >= 15 is 0 Å². The molecule has 3 N–H and O–H groups in total. The Labute approximate surface area is 81.4 Å². The van der Waals surface area contributed by atoms with Crippen molar-refractivity contribution in [3.8, 4) is 5.75 Å². The number of thiol groups is 1. The van der Waals surface area contributed by atoms with Gasteiger partial charge in [0.15, 0.2) is 0 Å². The quantitative estimate of drug-likeness (QED) is 0.442. The summed E-state index contributed by atoms with van der Waals surface area (Å²) in [6.45, 7) is 0. The van der Waals surface area contributed by atoms with Crippen molar-refractivity contribution in [3.63, 3.8) is 0 Å². The van der Waals surface area contributed by atoms with Gasteiger partial charge in [0.25, 0.3) is 0 Å². The summed E-state index contributed by atoms with van der Waals surface area (Å²) in [5.41, 5.74) is 6.25. The van der Waals surface area contributed by atoms with Gasteiger partial charge in [0, 0.05) is 16.0 Å². The number of rotatable bonds is 0. The largest absolute Gasteiger partial charge is 0.507 e. The number of hydrogen-bond donors (Lipinski definition) is 3. The van der Waals surface area contributed by atoms with E-state index in [1.54, 1.807) is 18.2 Å². The van der Waals surface area contributed by atoms with Gasteiger partial charge in [-0.2, -0.15) is 0 Å². The minimum atomic E-state index is 0.217. The lowest BCUT2D eigenvalue weighted by Gasteiger charge is -2.03. The first kappa shape index (κ1) is 8.26. The van der Waals surface area contributed by atoms with Crippen LogP contribution in [0.5, 0.6) is 5.75 Å². The van der Waals surface area contributed by atoms with Gasteiger partial charge in [0.1, 0.15) is 5.75 Å². The summed E-state index contributed by atoms with van der Waals surface area (Å²) in [5, 5.41) is 11.3. The molecule has 0 aliphatic rings. The molecule has 0 saturated carbocycles. The van der Waals surface area contributed by atoms with Gasteiger partial charge in [0.2, 0.25) is 0 Å². The van der Waals surface area contributed by atoms with Crippen molar-refractivity contribution >= 4 is 29.1 Å². The second-order valence-corrected chi connectivity index (χ2v) is 3.46. The van der Waals surface area contributed by atoms with Crippen molar-refractivity contribution in [2.45, 2.75) is 4.90 Å². The van der Waals surface area contributed by atoms with Crippen LogP contribution in [-0.2, 0) is 0 Å². The Morgan fingerprint density at radius 3 is 2.69 bits per heavy atom. The summed E-state index contributed by atoms with van der Waals surface area (Å²) >= 11 is 4.16. The van der Waals surface area contributed by atoms with Crippen LogP contribution < -0.4 is 5.73 Å². The summed E-state index contributed by atoms with van der Waals surface area (Å²) in [6.07, 6.45) is 0. The van der Waals surface area contributed by atoms with E-state index in [0.717, 1.165) is 15.7 Å². The summed E-state index contributed by atoms with van der Waals surface area (Å²) in [4.78, 5) is 0.745. The van der Waals surface area contributed by atoms with Gasteiger partial charge in [-0.15, -0.1) is 12.6 Å². The average Bonchev–Trinajstić information content (AvgIpc) is 2.06. The van der Waals surface area contributed by atoms with E-state index < -0.39 is 0 Å². The Morgan fingerprint density at radius 2 is 1.92 bits per heavy atom. The van der Waals surface area contributed by atoms with Gasteiger partial charge in [0.05, 0.1) is 0 Å². The van der Waals surface area contributed by atoms with E-state index in [1.165, 1.54) is 0 Å². The monoisotopic (exact) mass is 191 g/mol. The molecule has 2 nitrogen and oxygen atoms in total. The fourth-order valence-corrected chi connectivity index (χ4v) is 1.60. The fourth-order valence-electron chi connectivity index (χ4n) is 1.34. The predicted octanol–water partition coefficient (Wildman–Crippen LogP) is 2.42. The van der Waals surface area contributed by atoms with Gasteiger partial charge >= 0.3 is 0 Å². The number of hydrogen-bond acceptors (Lipinski definition) is 3. The van der Waals surface area contributed by atoms with Crippen LogP contribution in [0, 0.1) is 0 Å². The summed E-state index contributed by atoms with van der Waals surface area (Å²) in [6, 6.07) is 8.90. The van der Waals surface area contributed by atoms with Crippen molar-refractivity contribution in [2.75, 3.05) is 5.73 Å². The first-order chi connectivity index (χ1) is 6.16. The van der Waals surface area contributed by atoms with Crippen LogP contribution in [0.2, 0.25) is 0 Å². The smallest absolute Gasteiger partial charge is 0.124 e. The zero-order chi connectivity index (χ0) is 9.42. The number of nitrogen functional groups attached to an aromatic ring is 1. The van der Waals surface area contributed by atoms with Crippen LogP contribution in [0.15, 0.2) is 35.2 Å². The molecule has 0 aliphatic heterocycles. The Kier molecular flexibility index (Phi) is 1.81. The van der Waals surface area contributed by atoms with Crippen molar-refractivity contribution in [1.82, 2.24) is 0 Å². The molecule has 2 aromatic carbocycles. The van der Waals surface area contributed by atoms with Gasteiger partial charge in [-0.25, -0.2) is 0 Å². The highest BCUT2D eigenvalue weighted by Gasteiger charge is 2.01. The molecule has 3 heteroatoms. The highest BCUT2D eigenvalue weighted by molar-refractivity contribution is 7.80. The van der Waals surface area contributed by atoms with Crippen molar-refractivity contribution < 1.29 is 5.11 Å². The third kappa shape index (κ3) is 1.42. The molecule has 0 aliphatic carbocycles. The molecule has 66 valence electrons. The zero-order valence-corrected chi connectivity index (χ0v) is 7.75. The van der Waals surface area contributed by atoms with Crippen LogP contribution in [0.4, 0.5) is 5.69 Å². The summed E-state index contributed by atoms with van der Waals surface area (Å²) < 4.78 is 0. The lowest BCUT2D eigenvalue weighted by Crippen LogP contribution is -1.84. The second-order valence-electron chi connectivity index (χ2n) is 2.95. The molecule has 0 amide bonds. The average molecular weight is 191 g/mol. The maximum Gasteiger partial charge on any atom is 0.124 e. The van der Waals surface area contributed by atoms with E-state index in [-0.39, 0.29) is 5.75 Å². The molecular weight excluding hydrogens is 182 g/mol. The van der Waals surface area contributed by atoms with E-state index in [2.05, 4.69) is 12.6 Å². The highest BCUT2D eigenvalue weighted by Crippen LogP contribution is 2.29. The lowest BCUT2D eigenvalue weighted by atomic mass is 10.1. The minimum absolute atomic E-state index is 0.217. The number of phenols is 1. The molecule has 0 heterocycles. The fraction of sp³-hybridized carbons (Fsp3) is 0. The number of benzene rings is 2. The normalized spacial score (nSPS) is 10.5.